The van der Waals surface area contributed by atoms with Crippen molar-refractivity contribution in [2.75, 3.05) is 0 Å². The summed E-state index contributed by atoms with van der Waals surface area (Å²) in [4.78, 5) is 21.9. The Morgan fingerprint density at radius 1 is 1.20 bits per heavy atom. The van der Waals surface area contributed by atoms with Gasteiger partial charge >= 0.3 is 0 Å². The Balaban J connectivity index is 1.57. The molecule has 0 radical (unpaired) electrons. The lowest BCUT2D eigenvalue weighted by molar-refractivity contribution is 0.0926. The van der Waals surface area contributed by atoms with Gasteiger partial charge in [-0.15, -0.1) is 0 Å². The maximum Gasteiger partial charge on any atom is 0.253 e. The summed E-state index contributed by atoms with van der Waals surface area (Å²) in [7, 11) is 0. The van der Waals surface area contributed by atoms with Crippen LogP contribution in [0.4, 0.5) is 0 Å². The molecule has 0 saturated heterocycles. The van der Waals surface area contributed by atoms with Gasteiger partial charge in [-0.25, -0.2) is 4.98 Å². The zero-order chi connectivity index (χ0) is 17.6. The van der Waals surface area contributed by atoms with E-state index in [2.05, 4.69) is 32.1 Å². The Morgan fingerprint density at radius 3 is 2.88 bits per heavy atom. The van der Waals surface area contributed by atoms with E-state index in [1.807, 2.05) is 39.0 Å². The van der Waals surface area contributed by atoms with Crippen molar-refractivity contribution in [1.29, 1.82) is 0 Å². The van der Waals surface area contributed by atoms with Crippen molar-refractivity contribution in [1.82, 2.24) is 19.9 Å². The second kappa shape index (κ2) is 5.99. The first kappa shape index (κ1) is 15.8. The molecule has 3 aromatic rings. The molecule has 0 unspecified atom stereocenters. The number of pyridine rings is 1. The topological polar surface area (TPSA) is 59.8 Å². The van der Waals surface area contributed by atoms with E-state index >= 15 is 0 Å². The van der Waals surface area contributed by atoms with Crippen LogP contribution in [0.15, 0.2) is 30.5 Å². The molecule has 1 amide bonds. The highest BCUT2D eigenvalue weighted by atomic mass is 16.1. The third-order valence-corrected chi connectivity index (χ3v) is 4.85. The fourth-order valence-electron chi connectivity index (χ4n) is 3.59. The number of nitrogens with zero attached hydrogens (tertiary/aromatic N) is 3. The van der Waals surface area contributed by atoms with Crippen molar-refractivity contribution >= 4 is 16.8 Å². The van der Waals surface area contributed by atoms with Gasteiger partial charge in [0.15, 0.2) is 0 Å². The van der Waals surface area contributed by atoms with Gasteiger partial charge in [0.25, 0.3) is 5.91 Å². The summed E-state index contributed by atoms with van der Waals surface area (Å²) in [6, 6.07) is 8.20. The van der Waals surface area contributed by atoms with E-state index in [1.54, 1.807) is 0 Å². The first-order valence-electron chi connectivity index (χ1n) is 8.71. The van der Waals surface area contributed by atoms with E-state index in [-0.39, 0.29) is 11.9 Å². The molecule has 0 fully saturated rings. The van der Waals surface area contributed by atoms with Crippen LogP contribution in [0, 0.1) is 20.8 Å². The molecule has 1 aliphatic heterocycles. The number of amides is 1. The van der Waals surface area contributed by atoms with Crippen molar-refractivity contribution in [2.45, 2.75) is 46.2 Å². The van der Waals surface area contributed by atoms with Crippen LogP contribution in [0.1, 0.15) is 39.6 Å². The number of benzene rings is 1. The van der Waals surface area contributed by atoms with Crippen LogP contribution in [0.5, 0.6) is 0 Å². The molecule has 0 bridgehead atoms. The van der Waals surface area contributed by atoms with E-state index < -0.39 is 0 Å². The Bertz CT molecular complexity index is 973. The molecular weight excluding hydrogens is 312 g/mol. The molecule has 128 valence electrons. The molecule has 4 rings (SSSR count). The highest BCUT2D eigenvalue weighted by Gasteiger charge is 2.22. The molecule has 5 nitrogen and oxygen atoms in total. The number of imidazole rings is 1. The summed E-state index contributed by atoms with van der Waals surface area (Å²) in [5.74, 6) is 1.07. The minimum atomic E-state index is -0.0429. The normalized spacial score (nSPS) is 16.7. The first-order chi connectivity index (χ1) is 12.0. The van der Waals surface area contributed by atoms with Gasteiger partial charge < -0.3 is 9.88 Å². The number of carbonyl (C=O) groups excluding carboxylic acids is 1. The Kier molecular flexibility index (Phi) is 3.79. The second-order valence-electron chi connectivity index (χ2n) is 6.98. The highest BCUT2D eigenvalue weighted by molar-refractivity contribution is 5.98. The molecule has 0 spiro atoms. The maximum atomic E-state index is 12.8. The average Bonchev–Trinajstić information content (AvgIpc) is 2.93. The second-order valence-corrected chi connectivity index (χ2v) is 6.98. The Hall–Kier alpha value is -2.69. The number of hydrogen-bond donors (Lipinski definition) is 1. The van der Waals surface area contributed by atoms with Crippen molar-refractivity contribution in [3.63, 3.8) is 0 Å². The lowest BCUT2D eigenvalue weighted by Gasteiger charge is -2.25. The largest absolute Gasteiger partial charge is 0.347 e. The fourth-order valence-corrected chi connectivity index (χ4v) is 3.59. The molecule has 1 aliphatic rings. The quantitative estimate of drug-likeness (QED) is 0.783. The van der Waals surface area contributed by atoms with Crippen LogP contribution in [0.3, 0.4) is 0 Å². The van der Waals surface area contributed by atoms with Crippen LogP contribution in [-0.2, 0) is 13.0 Å². The number of nitrogens with one attached hydrogen (secondary N) is 1. The van der Waals surface area contributed by atoms with Crippen LogP contribution in [0.25, 0.3) is 10.9 Å². The zero-order valence-electron chi connectivity index (χ0n) is 14.8. The number of carbonyl (C=O) groups is 1. The summed E-state index contributed by atoms with van der Waals surface area (Å²) < 4.78 is 2.15. The number of hydrogen-bond acceptors (Lipinski definition) is 3. The fraction of sp³-hybridized carbons (Fsp3) is 0.350. The number of aryl methyl sites for hydroxylation is 4. The number of fused-ring (bicyclic) bond motifs is 2. The van der Waals surface area contributed by atoms with E-state index in [9.17, 15) is 4.79 Å². The van der Waals surface area contributed by atoms with Crippen molar-refractivity contribution in [3.05, 3.63) is 58.8 Å². The molecule has 1 aromatic carbocycles. The zero-order valence-corrected chi connectivity index (χ0v) is 14.8. The SMILES string of the molecule is Cc1ccc2nc(C)c(C(=O)N[C@@H]3CCc4nc(C)cn4C3)cc2c1. The van der Waals surface area contributed by atoms with E-state index in [0.717, 1.165) is 47.5 Å². The molecule has 25 heavy (non-hydrogen) atoms. The van der Waals surface area contributed by atoms with Gasteiger partial charge in [-0.1, -0.05) is 11.6 Å². The Labute approximate surface area is 147 Å². The molecule has 1 atom stereocenters. The highest BCUT2D eigenvalue weighted by Crippen LogP contribution is 2.19. The molecular formula is C20H22N4O. The summed E-state index contributed by atoms with van der Waals surface area (Å²) >= 11 is 0. The lowest BCUT2D eigenvalue weighted by atomic mass is 10.0. The van der Waals surface area contributed by atoms with E-state index in [4.69, 9.17) is 0 Å². The number of rotatable bonds is 2. The van der Waals surface area contributed by atoms with Gasteiger partial charge in [0, 0.05) is 30.6 Å². The Morgan fingerprint density at radius 2 is 2.04 bits per heavy atom. The van der Waals surface area contributed by atoms with Gasteiger partial charge in [-0.3, -0.25) is 9.78 Å². The smallest absolute Gasteiger partial charge is 0.253 e. The predicted octanol–water partition coefficient (Wildman–Crippen LogP) is 3.10. The third-order valence-electron chi connectivity index (χ3n) is 4.85. The summed E-state index contributed by atoms with van der Waals surface area (Å²) in [5.41, 5.74) is 4.55. The van der Waals surface area contributed by atoms with Gasteiger partial charge in [0.2, 0.25) is 0 Å². The van der Waals surface area contributed by atoms with Gasteiger partial charge in [-0.2, -0.15) is 0 Å². The van der Waals surface area contributed by atoms with Gasteiger partial charge in [0.05, 0.1) is 22.5 Å². The number of aromatic nitrogens is 3. The van der Waals surface area contributed by atoms with Gasteiger partial charge in [-0.05, 0) is 45.4 Å². The molecule has 3 heterocycles. The summed E-state index contributed by atoms with van der Waals surface area (Å²) in [5, 5.41) is 4.18. The predicted molar refractivity (Wildman–Crippen MR) is 97.8 cm³/mol. The summed E-state index contributed by atoms with van der Waals surface area (Å²) in [6.45, 7) is 6.73. The molecule has 5 heteroatoms. The molecule has 2 aromatic heterocycles. The molecule has 0 saturated carbocycles. The molecule has 1 N–H and O–H groups in total. The standard InChI is InChI=1S/C20H22N4O/c1-12-4-6-18-15(8-12)9-17(14(3)22-18)20(25)23-16-5-7-19-21-13(2)10-24(19)11-16/h4,6,8-10,16H,5,7,11H2,1-3H3,(H,23,25)/t16-/m1/s1. The lowest BCUT2D eigenvalue weighted by Crippen LogP contribution is -2.41. The van der Waals surface area contributed by atoms with Crippen molar-refractivity contribution in [2.24, 2.45) is 0 Å². The van der Waals surface area contributed by atoms with Crippen LogP contribution < -0.4 is 5.32 Å². The molecule has 0 aliphatic carbocycles. The van der Waals surface area contributed by atoms with Crippen LogP contribution in [0.2, 0.25) is 0 Å². The average molecular weight is 334 g/mol. The van der Waals surface area contributed by atoms with Crippen molar-refractivity contribution in [3.8, 4) is 0 Å². The maximum absolute atomic E-state index is 12.8. The van der Waals surface area contributed by atoms with Crippen molar-refractivity contribution < 1.29 is 4.79 Å². The minimum Gasteiger partial charge on any atom is -0.347 e. The first-order valence-corrected chi connectivity index (χ1v) is 8.71. The monoisotopic (exact) mass is 334 g/mol. The van der Waals surface area contributed by atoms with Gasteiger partial charge in [0.1, 0.15) is 5.82 Å². The minimum absolute atomic E-state index is 0.0429. The van der Waals surface area contributed by atoms with E-state index in [1.165, 1.54) is 5.56 Å². The van der Waals surface area contributed by atoms with Crippen LogP contribution >= 0.6 is 0 Å². The van der Waals surface area contributed by atoms with E-state index in [0.29, 0.717) is 5.56 Å². The summed E-state index contributed by atoms with van der Waals surface area (Å²) in [6.07, 6.45) is 3.87. The third kappa shape index (κ3) is 3.02. The van der Waals surface area contributed by atoms with Crippen LogP contribution in [-0.4, -0.2) is 26.5 Å².